The summed E-state index contributed by atoms with van der Waals surface area (Å²) in [6.45, 7) is 4.89. The summed E-state index contributed by atoms with van der Waals surface area (Å²) in [5, 5.41) is 0. The molecule has 1 aromatic heterocycles. The molecule has 0 aliphatic rings. The summed E-state index contributed by atoms with van der Waals surface area (Å²) in [5.41, 5.74) is 3.92. The van der Waals surface area contributed by atoms with Gasteiger partial charge in [-0.3, -0.25) is 4.79 Å². The molecule has 2 aromatic carbocycles. The van der Waals surface area contributed by atoms with E-state index in [0.29, 0.717) is 28.8 Å². The Hall–Kier alpha value is -3.67. The molecule has 160 valence electrons. The van der Waals surface area contributed by atoms with Crippen LogP contribution in [-0.2, 0) is 15.9 Å². The second-order valence-corrected chi connectivity index (χ2v) is 7.16. The number of Topliss-reactive ketones (excluding diaryl/α,β-unsaturated/α-hetero) is 1. The second kappa shape index (κ2) is 9.89. The molecule has 0 atom stereocenters. The summed E-state index contributed by atoms with van der Waals surface area (Å²) in [6, 6.07) is 17.0. The SMILES string of the molecule is CCOC(=O)c1c(C)[nH]c(C(=O)COC(=O)c2ccccc2Cc2ccccc2)c1C. The average molecular weight is 419 g/mol. The predicted molar refractivity (Wildman–Crippen MR) is 117 cm³/mol. The van der Waals surface area contributed by atoms with Gasteiger partial charge >= 0.3 is 11.9 Å². The van der Waals surface area contributed by atoms with Crippen molar-refractivity contribution in [2.75, 3.05) is 13.2 Å². The highest BCUT2D eigenvalue weighted by atomic mass is 16.5. The topological polar surface area (TPSA) is 85.5 Å². The Bertz CT molecular complexity index is 1100. The van der Waals surface area contributed by atoms with Gasteiger partial charge in [0.05, 0.1) is 23.4 Å². The number of ether oxygens (including phenoxy) is 2. The van der Waals surface area contributed by atoms with Gasteiger partial charge in [0, 0.05) is 5.69 Å². The highest BCUT2D eigenvalue weighted by Gasteiger charge is 2.24. The normalized spacial score (nSPS) is 10.5. The number of esters is 2. The van der Waals surface area contributed by atoms with Crippen molar-refractivity contribution < 1.29 is 23.9 Å². The van der Waals surface area contributed by atoms with E-state index in [1.807, 2.05) is 42.5 Å². The van der Waals surface area contributed by atoms with E-state index in [1.165, 1.54) is 0 Å². The predicted octanol–water partition coefficient (Wildman–Crippen LogP) is 4.44. The van der Waals surface area contributed by atoms with Gasteiger partial charge < -0.3 is 14.5 Å². The molecule has 0 saturated carbocycles. The van der Waals surface area contributed by atoms with Crippen LogP contribution in [0.3, 0.4) is 0 Å². The number of aromatic amines is 1. The molecule has 0 radical (unpaired) electrons. The van der Waals surface area contributed by atoms with Crippen LogP contribution in [0.25, 0.3) is 0 Å². The van der Waals surface area contributed by atoms with Crippen LogP contribution in [0.2, 0.25) is 0 Å². The van der Waals surface area contributed by atoms with E-state index < -0.39 is 24.3 Å². The third kappa shape index (κ3) is 5.09. The first kappa shape index (κ1) is 22.0. The Morgan fingerprint density at radius 1 is 0.871 bits per heavy atom. The molecular formula is C25H25NO5. The van der Waals surface area contributed by atoms with Gasteiger partial charge in [-0.2, -0.15) is 0 Å². The maximum Gasteiger partial charge on any atom is 0.340 e. The summed E-state index contributed by atoms with van der Waals surface area (Å²) in [4.78, 5) is 40.4. The van der Waals surface area contributed by atoms with Crippen LogP contribution >= 0.6 is 0 Å². The zero-order valence-corrected chi connectivity index (χ0v) is 17.9. The minimum absolute atomic E-state index is 0.242. The van der Waals surface area contributed by atoms with Crippen LogP contribution in [0.15, 0.2) is 54.6 Å². The van der Waals surface area contributed by atoms with Crippen molar-refractivity contribution >= 4 is 17.7 Å². The number of carbonyl (C=O) groups excluding carboxylic acids is 3. The van der Waals surface area contributed by atoms with E-state index in [9.17, 15) is 14.4 Å². The van der Waals surface area contributed by atoms with E-state index in [4.69, 9.17) is 9.47 Å². The van der Waals surface area contributed by atoms with Crippen LogP contribution in [0.1, 0.15) is 60.5 Å². The molecule has 1 heterocycles. The summed E-state index contributed by atoms with van der Waals surface area (Å²) < 4.78 is 10.4. The lowest BCUT2D eigenvalue weighted by Crippen LogP contribution is -2.17. The largest absolute Gasteiger partial charge is 0.462 e. The Morgan fingerprint density at radius 3 is 2.26 bits per heavy atom. The van der Waals surface area contributed by atoms with Crippen LogP contribution < -0.4 is 0 Å². The van der Waals surface area contributed by atoms with Crippen molar-refractivity contribution in [2.45, 2.75) is 27.2 Å². The third-order valence-electron chi connectivity index (χ3n) is 5.00. The fraction of sp³-hybridized carbons (Fsp3) is 0.240. The van der Waals surface area contributed by atoms with Gasteiger partial charge in [0.25, 0.3) is 0 Å². The number of hydrogen-bond acceptors (Lipinski definition) is 5. The molecule has 0 aliphatic carbocycles. The molecule has 0 amide bonds. The van der Waals surface area contributed by atoms with E-state index in [1.54, 1.807) is 32.9 Å². The number of benzene rings is 2. The van der Waals surface area contributed by atoms with Crippen LogP contribution in [0.4, 0.5) is 0 Å². The molecule has 6 nitrogen and oxygen atoms in total. The lowest BCUT2D eigenvalue weighted by Gasteiger charge is -2.10. The minimum atomic E-state index is -0.563. The summed E-state index contributed by atoms with van der Waals surface area (Å²) in [7, 11) is 0. The molecule has 0 fully saturated rings. The van der Waals surface area contributed by atoms with Gasteiger partial charge in [-0.1, -0.05) is 48.5 Å². The first-order valence-electron chi connectivity index (χ1n) is 10.1. The van der Waals surface area contributed by atoms with E-state index in [0.717, 1.165) is 11.1 Å². The zero-order chi connectivity index (χ0) is 22.4. The summed E-state index contributed by atoms with van der Waals surface area (Å²) in [5.74, 6) is -1.46. The number of rotatable bonds is 8. The quantitative estimate of drug-likeness (QED) is 0.431. The van der Waals surface area contributed by atoms with Gasteiger partial charge in [0.2, 0.25) is 5.78 Å². The summed E-state index contributed by atoms with van der Waals surface area (Å²) in [6.07, 6.45) is 0.581. The number of ketones is 1. The molecule has 1 N–H and O–H groups in total. The first-order valence-corrected chi connectivity index (χ1v) is 10.1. The fourth-order valence-corrected chi connectivity index (χ4v) is 3.51. The molecule has 0 spiro atoms. The standard InChI is InChI=1S/C25H25NO5/c1-4-30-25(29)22-16(2)23(26-17(22)3)21(27)15-31-24(28)20-13-9-8-12-19(20)14-18-10-6-5-7-11-18/h5-13,26H,4,14-15H2,1-3H3. The van der Waals surface area contributed by atoms with Crippen LogP contribution in [0.5, 0.6) is 0 Å². The summed E-state index contributed by atoms with van der Waals surface area (Å²) >= 11 is 0. The number of carbonyl (C=O) groups is 3. The molecule has 6 heteroatoms. The van der Waals surface area contributed by atoms with Crippen molar-refractivity contribution in [3.8, 4) is 0 Å². The van der Waals surface area contributed by atoms with E-state index in [-0.39, 0.29) is 12.3 Å². The van der Waals surface area contributed by atoms with Crippen molar-refractivity contribution in [1.82, 2.24) is 4.98 Å². The van der Waals surface area contributed by atoms with Gasteiger partial charge in [0.1, 0.15) is 0 Å². The molecular weight excluding hydrogens is 394 g/mol. The molecule has 0 saturated heterocycles. The van der Waals surface area contributed by atoms with Crippen molar-refractivity contribution in [1.29, 1.82) is 0 Å². The maximum absolute atomic E-state index is 12.7. The number of aryl methyl sites for hydroxylation is 1. The molecule has 0 unspecified atom stereocenters. The third-order valence-corrected chi connectivity index (χ3v) is 5.00. The lowest BCUT2D eigenvalue weighted by molar-refractivity contribution is 0.0471. The Morgan fingerprint density at radius 2 is 1.55 bits per heavy atom. The maximum atomic E-state index is 12.7. The number of hydrogen-bond donors (Lipinski definition) is 1. The highest BCUT2D eigenvalue weighted by molar-refractivity contribution is 6.03. The van der Waals surface area contributed by atoms with E-state index in [2.05, 4.69) is 4.98 Å². The molecule has 3 rings (SSSR count). The second-order valence-electron chi connectivity index (χ2n) is 7.16. The van der Waals surface area contributed by atoms with Crippen molar-refractivity contribution in [3.05, 3.63) is 93.8 Å². The first-order chi connectivity index (χ1) is 14.9. The molecule has 31 heavy (non-hydrogen) atoms. The minimum Gasteiger partial charge on any atom is -0.462 e. The van der Waals surface area contributed by atoms with Gasteiger partial charge in [-0.25, -0.2) is 9.59 Å². The Balaban J connectivity index is 1.71. The highest BCUT2D eigenvalue weighted by Crippen LogP contribution is 2.20. The molecule has 0 bridgehead atoms. The number of H-pyrrole nitrogens is 1. The Kier molecular flexibility index (Phi) is 7.03. The number of aromatic nitrogens is 1. The number of nitrogens with one attached hydrogen (secondary N) is 1. The van der Waals surface area contributed by atoms with E-state index >= 15 is 0 Å². The smallest absolute Gasteiger partial charge is 0.340 e. The monoisotopic (exact) mass is 419 g/mol. The Labute approximate surface area is 181 Å². The van der Waals surface area contributed by atoms with Gasteiger partial charge in [-0.15, -0.1) is 0 Å². The average Bonchev–Trinajstić information content (AvgIpc) is 3.07. The lowest BCUT2D eigenvalue weighted by atomic mass is 10.00. The van der Waals surface area contributed by atoms with Crippen molar-refractivity contribution in [2.24, 2.45) is 0 Å². The fourth-order valence-electron chi connectivity index (χ4n) is 3.51. The van der Waals surface area contributed by atoms with Gasteiger partial charge in [0.15, 0.2) is 6.61 Å². The van der Waals surface area contributed by atoms with Crippen LogP contribution in [-0.4, -0.2) is 35.9 Å². The molecule has 3 aromatic rings. The van der Waals surface area contributed by atoms with Gasteiger partial charge in [-0.05, 0) is 49.9 Å². The van der Waals surface area contributed by atoms with Crippen molar-refractivity contribution in [3.63, 3.8) is 0 Å². The van der Waals surface area contributed by atoms with Crippen LogP contribution in [0, 0.1) is 13.8 Å². The zero-order valence-electron chi connectivity index (χ0n) is 17.9. The molecule has 0 aliphatic heterocycles.